The van der Waals surface area contributed by atoms with Gasteiger partial charge in [-0.15, -0.1) is 0 Å². The first-order chi connectivity index (χ1) is 16.6. The first-order valence-corrected chi connectivity index (χ1v) is 11.9. The van der Waals surface area contributed by atoms with E-state index in [4.69, 9.17) is 4.74 Å². The molecule has 2 nitrogen and oxygen atoms in total. The molecule has 2 heteroatoms. The van der Waals surface area contributed by atoms with Gasteiger partial charge < -0.3 is 4.74 Å². The van der Waals surface area contributed by atoms with Gasteiger partial charge in [-0.2, -0.15) is 0 Å². The molecule has 0 radical (unpaired) electrons. The summed E-state index contributed by atoms with van der Waals surface area (Å²) in [5.74, 6) is 0.463. The number of aryl methyl sites for hydroxylation is 3. The van der Waals surface area contributed by atoms with Crippen LogP contribution in [0.2, 0.25) is 0 Å². The van der Waals surface area contributed by atoms with Gasteiger partial charge in [0.25, 0.3) is 0 Å². The van der Waals surface area contributed by atoms with E-state index >= 15 is 0 Å². The van der Waals surface area contributed by atoms with E-state index < -0.39 is 0 Å². The lowest BCUT2D eigenvalue weighted by atomic mass is 9.87. The maximum Gasteiger partial charge on any atom is 0.311 e. The lowest BCUT2D eigenvalue weighted by molar-refractivity contribution is -0.134. The van der Waals surface area contributed by atoms with E-state index in [-0.39, 0.29) is 5.97 Å². The van der Waals surface area contributed by atoms with Crippen molar-refractivity contribution in [1.82, 2.24) is 0 Å². The van der Waals surface area contributed by atoms with E-state index in [2.05, 4.69) is 72.8 Å². The van der Waals surface area contributed by atoms with Crippen LogP contribution in [0.15, 0.2) is 84.9 Å². The Morgan fingerprint density at radius 1 is 0.676 bits per heavy atom. The van der Waals surface area contributed by atoms with Crippen LogP contribution in [0.5, 0.6) is 5.75 Å². The van der Waals surface area contributed by atoms with Crippen molar-refractivity contribution in [2.45, 2.75) is 33.1 Å². The summed E-state index contributed by atoms with van der Waals surface area (Å²) in [7, 11) is 0. The molecule has 0 bridgehead atoms. The predicted molar refractivity (Wildman–Crippen MR) is 142 cm³/mol. The largest absolute Gasteiger partial charge is 0.427 e. The smallest absolute Gasteiger partial charge is 0.311 e. The van der Waals surface area contributed by atoms with E-state index in [1.54, 1.807) is 0 Å². The van der Waals surface area contributed by atoms with Gasteiger partial charge in [0.15, 0.2) is 0 Å². The maximum atomic E-state index is 12.5. The molecule has 166 valence electrons. The first kappa shape index (κ1) is 20.7. The average Bonchev–Trinajstić information content (AvgIpc) is 2.82. The molecule has 6 rings (SSSR count). The molecule has 0 amide bonds. The van der Waals surface area contributed by atoms with Crippen molar-refractivity contribution in [2.75, 3.05) is 0 Å². The van der Waals surface area contributed by atoms with E-state index in [1.807, 2.05) is 26.0 Å². The highest BCUT2D eigenvalue weighted by Gasteiger charge is 2.14. The van der Waals surface area contributed by atoms with E-state index in [1.165, 1.54) is 48.7 Å². The van der Waals surface area contributed by atoms with Gasteiger partial charge in [0.2, 0.25) is 0 Å². The molecular formula is C32H26O2. The SMILES string of the molecule is Cc1cc(C)cc(OC(=O)CCCc2ccc3c4cccc5cccc(c6cccc2c63)c54)c1. The Labute approximate surface area is 199 Å². The molecule has 0 atom stereocenters. The molecular weight excluding hydrogens is 416 g/mol. The number of carbonyl (C=O) groups excluding carboxylic acids is 1. The normalized spacial score (nSPS) is 11.7. The maximum absolute atomic E-state index is 12.5. The highest BCUT2D eigenvalue weighted by Crippen LogP contribution is 2.41. The Balaban J connectivity index is 1.32. The summed E-state index contributed by atoms with van der Waals surface area (Å²) in [5, 5.41) is 10.4. The Hall–Kier alpha value is -3.91. The lowest BCUT2D eigenvalue weighted by Gasteiger charge is -2.16. The van der Waals surface area contributed by atoms with Gasteiger partial charge in [-0.05, 0) is 98.6 Å². The second kappa shape index (κ2) is 8.14. The minimum Gasteiger partial charge on any atom is -0.427 e. The van der Waals surface area contributed by atoms with Gasteiger partial charge in [-0.1, -0.05) is 72.8 Å². The topological polar surface area (TPSA) is 26.3 Å². The van der Waals surface area contributed by atoms with Gasteiger partial charge in [-0.3, -0.25) is 4.79 Å². The second-order valence-electron chi connectivity index (χ2n) is 9.36. The Bertz CT molecular complexity index is 1620. The summed E-state index contributed by atoms with van der Waals surface area (Å²) in [4.78, 5) is 12.5. The molecule has 34 heavy (non-hydrogen) atoms. The Kier molecular flexibility index (Phi) is 4.95. The Morgan fingerprint density at radius 3 is 1.97 bits per heavy atom. The summed E-state index contributed by atoms with van der Waals surface area (Å²) >= 11 is 0. The van der Waals surface area contributed by atoms with Crippen LogP contribution in [-0.2, 0) is 11.2 Å². The summed E-state index contributed by atoms with van der Waals surface area (Å²) in [6, 6.07) is 30.2. The molecule has 0 aliphatic heterocycles. The first-order valence-electron chi connectivity index (χ1n) is 11.9. The average molecular weight is 443 g/mol. The fourth-order valence-corrected chi connectivity index (χ4v) is 5.52. The molecule has 0 N–H and O–H groups in total. The van der Waals surface area contributed by atoms with Crippen LogP contribution < -0.4 is 4.74 Å². The van der Waals surface area contributed by atoms with Crippen molar-refractivity contribution in [3.8, 4) is 5.75 Å². The van der Waals surface area contributed by atoms with Crippen molar-refractivity contribution in [3.05, 3.63) is 102 Å². The summed E-state index contributed by atoms with van der Waals surface area (Å²) in [5.41, 5.74) is 3.49. The number of rotatable bonds is 5. The molecule has 6 aromatic rings. The highest BCUT2D eigenvalue weighted by atomic mass is 16.5. The number of hydrogen-bond acceptors (Lipinski definition) is 2. The fourth-order valence-electron chi connectivity index (χ4n) is 5.52. The van der Waals surface area contributed by atoms with Crippen molar-refractivity contribution < 1.29 is 9.53 Å². The zero-order chi connectivity index (χ0) is 23.2. The third-order valence-electron chi connectivity index (χ3n) is 6.87. The van der Waals surface area contributed by atoms with E-state index in [0.717, 1.165) is 24.0 Å². The molecule has 0 aliphatic carbocycles. The van der Waals surface area contributed by atoms with Crippen LogP contribution >= 0.6 is 0 Å². The third kappa shape index (κ3) is 3.47. The van der Waals surface area contributed by atoms with Gasteiger partial charge in [0.05, 0.1) is 0 Å². The van der Waals surface area contributed by atoms with Gasteiger partial charge in [0.1, 0.15) is 5.75 Å². The van der Waals surface area contributed by atoms with Crippen LogP contribution in [0.3, 0.4) is 0 Å². The minimum atomic E-state index is -0.173. The number of esters is 1. The Morgan fingerprint density at radius 2 is 1.26 bits per heavy atom. The summed E-state index contributed by atoms with van der Waals surface area (Å²) < 4.78 is 5.60. The van der Waals surface area contributed by atoms with E-state index in [9.17, 15) is 4.79 Å². The highest BCUT2D eigenvalue weighted by molar-refractivity contribution is 6.33. The van der Waals surface area contributed by atoms with Crippen LogP contribution in [0, 0.1) is 13.8 Å². The number of benzene rings is 6. The molecule has 6 aromatic carbocycles. The van der Waals surface area contributed by atoms with Crippen molar-refractivity contribution in [2.24, 2.45) is 0 Å². The third-order valence-corrected chi connectivity index (χ3v) is 6.87. The number of hydrogen-bond donors (Lipinski definition) is 0. The molecule has 0 aromatic heterocycles. The van der Waals surface area contributed by atoms with E-state index in [0.29, 0.717) is 12.2 Å². The predicted octanol–water partition coefficient (Wildman–Crippen LogP) is 8.28. The van der Waals surface area contributed by atoms with Crippen LogP contribution in [0.1, 0.15) is 29.5 Å². The number of ether oxygens (including phenoxy) is 1. The standard InChI is InChI=1S/C32H26O2/c1-20-17-21(2)19-24(18-20)34-30(33)14-5-7-22-15-16-29-27-12-4-9-23-8-3-11-26(31(23)27)28-13-6-10-25(22)32(28)29/h3-4,6,8-13,15-19H,5,7,14H2,1-2H3. The van der Waals surface area contributed by atoms with Gasteiger partial charge in [-0.25, -0.2) is 0 Å². The zero-order valence-corrected chi connectivity index (χ0v) is 19.5. The molecule has 0 fully saturated rings. The lowest BCUT2D eigenvalue weighted by Crippen LogP contribution is -2.08. The number of fused-ring (bicyclic) bond motifs is 2. The molecule has 0 saturated heterocycles. The van der Waals surface area contributed by atoms with Crippen molar-refractivity contribution in [1.29, 1.82) is 0 Å². The molecule has 0 spiro atoms. The zero-order valence-electron chi connectivity index (χ0n) is 19.5. The number of carbonyl (C=O) groups is 1. The van der Waals surface area contributed by atoms with Crippen molar-refractivity contribution in [3.63, 3.8) is 0 Å². The van der Waals surface area contributed by atoms with Crippen LogP contribution in [0.4, 0.5) is 0 Å². The molecule has 0 saturated carbocycles. The summed E-state index contributed by atoms with van der Waals surface area (Å²) in [6.07, 6.45) is 2.00. The molecule has 0 unspecified atom stereocenters. The molecule has 0 aliphatic rings. The van der Waals surface area contributed by atoms with Crippen LogP contribution in [-0.4, -0.2) is 5.97 Å². The summed E-state index contributed by atoms with van der Waals surface area (Å²) in [6.45, 7) is 4.03. The van der Waals surface area contributed by atoms with Gasteiger partial charge >= 0.3 is 5.97 Å². The van der Waals surface area contributed by atoms with Crippen LogP contribution in [0.25, 0.3) is 43.1 Å². The van der Waals surface area contributed by atoms with Gasteiger partial charge in [0, 0.05) is 6.42 Å². The van der Waals surface area contributed by atoms with Crippen molar-refractivity contribution >= 4 is 49.1 Å². The molecule has 0 heterocycles. The monoisotopic (exact) mass is 442 g/mol. The fraction of sp³-hybridized carbons (Fsp3) is 0.156. The second-order valence-corrected chi connectivity index (χ2v) is 9.36. The quantitative estimate of drug-likeness (QED) is 0.116. The minimum absolute atomic E-state index is 0.173.